The van der Waals surface area contributed by atoms with Crippen molar-refractivity contribution in [3.63, 3.8) is 0 Å². The molecule has 0 radical (unpaired) electrons. The highest BCUT2D eigenvalue weighted by Gasteiger charge is 2.24. The maximum Gasteiger partial charge on any atom is 0.490 e. The maximum atomic E-state index is 10.3. The second-order valence-corrected chi connectivity index (χ2v) is 8.43. The number of nitrogens with zero attached hydrogens (tertiary/aromatic N) is 1. The van der Waals surface area contributed by atoms with E-state index in [1.54, 1.807) is 6.07 Å². The van der Waals surface area contributed by atoms with Gasteiger partial charge in [-0.05, 0) is 39.7 Å². The van der Waals surface area contributed by atoms with Gasteiger partial charge >= 0.3 is 7.12 Å². The number of benzene rings is 6. The van der Waals surface area contributed by atoms with E-state index in [-0.39, 0.29) is 0 Å². The van der Waals surface area contributed by atoms with Crippen LogP contribution in [0.25, 0.3) is 32.3 Å². The average Bonchev–Trinajstić information content (AvgIpc) is 2.89. The van der Waals surface area contributed by atoms with Gasteiger partial charge in [-0.2, -0.15) is 0 Å². The maximum absolute atomic E-state index is 10.3. The molecule has 34 heavy (non-hydrogen) atoms. The molecule has 0 atom stereocenters. The number of fused-ring (bicyclic) bond motifs is 4. The molecule has 0 amide bonds. The molecule has 0 fully saturated rings. The summed E-state index contributed by atoms with van der Waals surface area (Å²) in [5.74, 6) is 0. The highest BCUT2D eigenvalue weighted by molar-refractivity contribution is 6.60. The fourth-order valence-corrected chi connectivity index (χ4v) is 4.92. The zero-order valence-electron chi connectivity index (χ0n) is 18.5. The largest absolute Gasteiger partial charge is 0.490 e. The van der Waals surface area contributed by atoms with Gasteiger partial charge in [0.1, 0.15) is 0 Å². The molecule has 0 aliphatic heterocycles. The van der Waals surface area contributed by atoms with E-state index in [4.69, 9.17) is 0 Å². The highest BCUT2D eigenvalue weighted by atomic mass is 16.4. The number of anilines is 3. The third-order valence-electron chi connectivity index (χ3n) is 6.45. The Bertz CT molecular complexity index is 1660. The first-order valence-corrected chi connectivity index (χ1v) is 11.4. The van der Waals surface area contributed by atoms with Crippen molar-refractivity contribution in [1.29, 1.82) is 0 Å². The molecule has 0 aromatic heterocycles. The van der Waals surface area contributed by atoms with Gasteiger partial charge in [0.25, 0.3) is 0 Å². The summed E-state index contributed by atoms with van der Waals surface area (Å²) in [5.41, 5.74) is 3.15. The smallest absolute Gasteiger partial charge is 0.423 e. The number of hydrogen-bond donors (Lipinski definition) is 2. The van der Waals surface area contributed by atoms with Gasteiger partial charge in [0.2, 0.25) is 0 Å². The van der Waals surface area contributed by atoms with Crippen molar-refractivity contribution in [3.8, 4) is 0 Å². The molecular formula is C30H22BNO2. The van der Waals surface area contributed by atoms with Gasteiger partial charge in [0, 0.05) is 21.9 Å². The quantitative estimate of drug-likeness (QED) is 0.250. The third kappa shape index (κ3) is 3.32. The van der Waals surface area contributed by atoms with Crippen LogP contribution in [-0.4, -0.2) is 17.2 Å². The predicted octanol–water partition coefficient (Wildman–Crippen LogP) is 6.30. The Hall–Kier alpha value is -4.12. The van der Waals surface area contributed by atoms with Crippen molar-refractivity contribution in [1.82, 2.24) is 0 Å². The van der Waals surface area contributed by atoms with Crippen LogP contribution in [0.5, 0.6) is 0 Å². The van der Waals surface area contributed by atoms with Crippen molar-refractivity contribution < 1.29 is 10.0 Å². The van der Waals surface area contributed by atoms with E-state index in [1.165, 1.54) is 5.39 Å². The van der Waals surface area contributed by atoms with Crippen LogP contribution in [0.2, 0.25) is 0 Å². The molecule has 0 saturated carbocycles. The van der Waals surface area contributed by atoms with E-state index < -0.39 is 7.12 Å². The molecule has 0 bridgehead atoms. The van der Waals surface area contributed by atoms with Gasteiger partial charge in [-0.3, -0.25) is 0 Å². The first kappa shape index (κ1) is 20.5. The minimum absolute atomic E-state index is 0.452. The summed E-state index contributed by atoms with van der Waals surface area (Å²) < 4.78 is 0. The monoisotopic (exact) mass is 439 g/mol. The lowest BCUT2D eigenvalue weighted by atomic mass is 9.78. The average molecular weight is 439 g/mol. The lowest BCUT2D eigenvalue weighted by Gasteiger charge is -2.30. The third-order valence-corrected chi connectivity index (χ3v) is 6.45. The molecule has 0 spiro atoms. The second-order valence-electron chi connectivity index (χ2n) is 8.43. The van der Waals surface area contributed by atoms with Crippen molar-refractivity contribution in [2.45, 2.75) is 0 Å². The summed E-state index contributed by atoms with van der Waals surface area (Å²) in [6, 6.07) is 41.0. The number of para-hydroxylation sites is 1. The fraction of sp³-hybridized carbons (Fsp3) is 0. The molecule has 2 N–H and O–H groups in total. The van der Waals surface area contributed by atoms with Gasteiger partial charge in [0.05, 0.1) is 11.4 Å². The van der Waals surface area contributed by atoms with E-state index in [0.717, 1.165) is 44.0 Å². The Balaban J connectivity index is 1.77. The van der Waals surface area contributed by atoms with E-state index in [9.17, 15) is 10.0 Å². The predicted molar refractivity (Wildman–Crippen MR) is 143 cm³/mol. The fourth-order valence-electron chi connectivity index (χ4n) is 4.92. The minimum atomic E-state index is -1.60. The number of hydrogen-bond acceptors (Lipinski definition) is 3. The van der Waals surface area contributed by atoms with Gasteiger partial charge < -0.3 is 14.9 Å². The molecule has 6 rings (SSSR count). The van der Waals surface area contributed by atoms with Crippen LogP contribution in [0.3, 0.4) is 0 Å². The summed E-state index contributed by atoms with van der Waals surface area (Å²) in [6.45, 7) is 0. The van der Waals surface area contributed by atoms with Crippen LogP contribution in [0.1, 0.15) is 0 Å². The highest BCUT2D eigenvalue weighted by Crippen LogP contribution is 2.43. The van der Waals surface area contributed by atoms with E-state index >= 15 is 0 Å². The first-order chi connectivity index (χ1) is 16.7. The second kappa shape index (κ2) is 8.34. The molecule has 0 aliphatic carbocycles. The molecule has 3 nitrogen and oxygen atoms in total. The molecule has 6 aromatic carbocycles. The topological polar surface area (TPSA) is 43.7 Å². The standard InChI is InChI=1S/C30H22BNO2/c33-31(34)27-17-7-8-18-29(27)32(28-19-9-12-21-10-1-4-14-24(21)28)30-20-22-11-2-3-13-23(22)25-15-5-6-16-26(25)30/h1-20,33-34H. The Morgan fingerprint density at radius 3 is 1.79 bits per heavy atom. The summed E-state index contributed by atoms with van der Waals surface area (Å²) >= 11 is 0. The van der Waals surface area contributed by atoms with Crippen LogP contribution in [0.15, 0.2) is 121 Å². The van der Waals surface area contributed by atoms with Gasteiger partial charge in [0.15, 0.2) is 0 Å². The van der Waals surface area contributed by atoms with Crippen LogP contribution in [-0.2, 0) is 0 Å². The first-order valence-electron chi connectivity index (χ1n) is 11.4. The Morgan fingerprint density at radius 1 is 0.441 bits per heavy atom. The van der Waals surface area contributed by atoms with Gasteiger partial charge in [-0.15, -0.1) is 0 Å². The molecule has 0 saturated heterocycles. The van der Waals surface area contributed by atoms with E-state index in [1.807, 2.05) is 36.4 Å². The van der Waals surface area contributed by atoms with Crippen molar-refractivity contribution >= 4 is 62.0 Å². The van der Waals surface area contributed by atoms with Crippen LogP contribution in [0, 0.1) is 0 Å². The molecule has 0 unspecified atom stereocenters. The minimum Gasteiger partial charge on any atom is -0.423 e. The number of rotatable bonds is 4. The zero-order chi connectivity index (χ0) is 23.1. The molecule has 4 heteroatoms. The molecule has 0 aliphatic rings. The Labute approximate surface area is 198 Å². The Morgan fingerprint density at radius 2 is 1.00 bits per heavy atom. The van der Waals surface area contributed by atoms with Crippen molar-refractivity contribution in [2.75, 3.05) is 4.90 Å². The lowest BCUT2D eigenvalue weighted by molar-refractivity contribution is 0.426. The van der Waals surface area contributed by atoms with Gasteiger partial charge in [-0.25, -0.2) is 0 Å². The normalized spacial score (nSPS) is 11.2. The van der Waals surface area contributed by atoms with Crippen LogP contribution < -0.4 is 10.4 Å². The molecular weight excluding hydrogens is 417 g/mol. The summed E-state index contributed by atoms with van der Waals surface area (Å²) in [4.78, 5) is 2.16. The summed E-state index contributed by atoms with van der Waals surface area (Å²) in [7, 11) is -1.60. The van der Waals surface area contributed by atoms with Gasteiger partial charge in [-0.1, -0.05) is 103 Å². The molecule has 0 heterocycles. The zero-order valence-corrected chi connectivity index (χ0v) is 18.5. The van der Waals surface area contributed by atoms with Crippen LogP contribution >= 0.6 is 0 Å². The molecule has 6 aromatic rings. The molecule has 162 valence electrons. The Kier molecular flexibility index (Phi) is 5.03. The lowest BCUT2D eigenvalue weighted by Crippen LogP contribution is -2.34. The van der Waals surface area contributed by atoms with Crippen molar-refractivity contribution in [3.05, 3.63) is 121 Å². The summed E-state index contributed by atoms with van der Waals surface area (Å²) in [6.07, 6.45) is 0. The summed E-state index contributed by atoms with van der Waals surface area (Å²) in [5, 5.41) is 27.3. The van der Waals surface area contributed by atoms with E-state index in [0.29, 0.717) is 5.46 Å². The van der Waals surface area contributed by atoms with Crippen LogP contribution in [0.4, 0.5) is 17.1 Å². The van der Waals surface area contributed by atoms with Crippen molar-refractivity contribution in [2.24, 2.45) is 0 Å². The van der Waals surface area contributed by atoms with E-state index in [2.05, 4.69) is 83.8 Å². The SMILES string of the molecule is OB(O)c1ccccc1N(c1cccc2ccccc12)c1cc2ccccc2c2ccccc12.